The molecule has 3 aromatic carbocycles. The molecule has 6 heteroatoms. The van der Waals surface area contributed by atoms with Gasteiger partial charge in [-0.3, -0.25) is 9.10 Å². The maximum atomic E-state index is 13.1. The van der Waals surface area contributed by atoms with Crippen LogP contribution in [0, 0.1) is 13.8 Å². The summed E-state index contributed by atoms with van der Waals surface area (Å²) in [6, 6.07) is 21.8. The standard InChI is InChI=1S/C25H28N2O3S/c1-19-10-14-21(15-11-19)7-6-18-26-25(28)23-8-4-5-9-24(23)27(3)31(29,30)22-16-12-20(2)13-17-22/h4-5,8-17H,6-7,18H2,1-3H3,(H,26,28). The number of nitrogens with zero attached hydrogens (tertiary/aromatic N) is 1. The molecule has 1 amide bonds. The van der Waals surface area contributed by atoms with Crippen LogP contribution in [0.25, 0.3) is 0 Å². The highest BCUT2D eigenvalue weighted by Gasteiger charge is 2.24. The Morgan fingerprint density at radius 2 is 1.45 bits per heavy atom. The van der Waals surface area contributed by atoms with Crippen LogP contribution in [0.15, 0.2) is 77.7 Å². The minimum Gasteiger partial charge on any atom is -0.352 e. The molecule has 3 rings (SSSR count). The maximum absolute atomic E-state index is 13.1. The second-order valence-electron chi connectivity index (χ2n) is 7.65. The molecular formula is C25H28N2O3S. The predicted molar refractivity (Wildman–Crippen MR) is 125 cm³/mol. The monoisotopic (exact) mass is 436 g/mol. The fraction of sp³-hybridized carbons (Fsp3) is 0.240. The fourth-order valence-corrected chi connectivity index (χ4v) is 4.50. The van der Waals surface area contributed by atoms with Gasteiger partial charge in [-0.15, -0.1) is 0 Å². The van der Waals surface area contributed by atoms with E-state index in [2.05, 4.69) is 36.5 Å². The average Bonchev–Trinajstić information content (AvgIpc) is 2.77. The maximum Gasteiger partial charge on any atom is 0.264 e. The normalized spacial score (nSPS) is 11.2. The van der Waals surface area contributed by atoms with E-state index in [-0.39, 0.29) is 10.8 Å². The van der Waals surface area contributed by atoms with Crippen LogP contribution in [0.1, 0.15) is 33.5 Å². The van der Waals surface area contributed by atoms with Crippen LogP contribution in [-0.2, 0) is 16.4 Å². The number of hydrogen-bond donors (Lipinski definition) is 1. The van der Waals surface area contributed by atoms with E-state index in [1.807, 2.05) is 6.92 Å². The summed E-state index contributed by atoms with van der Waals surface area (Å²) in [4.78, 5) is 13.0. The zero-order valence-electron chi connectivity index (χ0n) is 18.1. The second-order valence-corrected chi connectivity index (χ2v) is 9.62. The van der Waals surface area contributed by atoms with Crippen molar-refractivity contribution >= 4 is 21.6 Å². The topological polar surface area (TPSA) is 66.5 Å². The fourth-order valence-electron chi connectivity index (χ4n) is 3.28. The largest absolute Gasteiger partial charge is 0.352 e. The number of hydrogen-bond acceptors (Lipinski definition) is 3. The third-order valence-corrected chi connectivity index (χ3v) is 7.00. The van der Waals surface area contributed by atoms with Gasteiger partial charge >= 0.3 is 0 Å². The number of carbonyl (C=O) groups is 1. The summed E-state index contributed by atoms with van der Waals surface area (Å²) in [7, 11) is -2.31. The minimum absolute atomic E-state index is 0.189. The van der Waals surface area contributed by atoms with E-state index in [0.29, 0.717) is 17.8 Å². The van der Waals surface area contributed by atoms with Crippen LogP contribution >= 0.6 is 0 Å². The Hall–Kier alpha value is -3.12. The van der Waals surface area contributed by atoms with Crippen LogP contribution in [0.3, 0.4) is 0 Å². The molecule has 0 unspecified atom stereocenters. The van der Waals surface area contributed by atoms with Crippen LogP contribution in [-0.4, -0.2) is 27.9 Å². The molecule has 5 nitrogen and oxygen atoms in total. The summed E-state index contributed by atoms with van der Waals surface area (Å²) in [5, 5.41) is 2.91. The number of benzene rings is 3. The highest BCUT2D eigenvalue weighted by atomic mass is 32.2. The number of sulfonamides is 1. The Morgan fingerprint density at radius 1 is 0.871 bits per heavy atom. The van der Waals surface area contributed by atoms with Crippen LogP contribution in [0.5, 0.6) is 0 Å². The third kappa shape index (κ3) is 5.52. The van der Waals surface area contributed by atoms with Crippen molar-refractivity contribution in [1.29, 1.82) is 0 Å². The lowest BCUT2D eigenvalue weighted by Gasteiger charge is -2.22. The van der Waals surface area contributed by atoms with Crippen molar-refractivity contribution in [3.8, 4) is 0 Å². The van der Waals surface area contributed by atoms with Crippen LogP contribution < -0.4 is 9.62 Å². The van der Waals surface area contributed by atoms with Gasteiger partial charge in [-0.1, -0.05) is 59.7 Å². The first-order chi connectivity index (χ1) is 14.8. The number of carbonyl (C=O) groups excluding carboxylic acids is 1. The number of anilines is 1. The summed E-state index contributed by atoms with van der Waals surface area (Å²) in [6.07, 6.45) is 1.67. The number of para-hydroxylation sites is 1. The van der Waals surface area contributed by atoms with Gasteiger partial charge in [0.15, 0.2) is 0 Å². The molecule has 31 heavy (non-hydrogen) atoms. The Kier molecular flexibility index (Phi) is 7.13. The smallest absolute Gasteiger partial charge is 0.264 e. The van der Waals surface area contributed by atoms with Gasteiger partial charge in [0.2, 0.25) is 0 Å². The molecule has 0 aliphatic rings. The van der Waals surface area contributed by atoms with E-state index in [0.717, 1.165) is 18.4 Å². The van der Waals surface area contributed by atoms with Gasteiger partial charge in [0.05, 0.1) is 16.1 Å². The van der Waals surface area contributed by atoms with Gasteiger partial charge in [0.1, 0.15) is 0 Å². The van der Waals surface area contributed by atoms with Crippen LogP contribution in [0.4, 0.5) is 5.69 Å². The summed E-state index contributed by atoms with van der Waals surface area (Å²) >= 11 is 0. The summed E-state index contributed by atoms with van der Waals surface area (Å²) in [5.41, 5.74) is 4.10. The Balaban J connectivity index is 1.69. The van der Waals surface area contributed by atoms with Gasteiger partial charge in [-0.05, 0) is 56.5 Å². The van der Waals surface area contributed by atoms with E-state index >= 15 is 0 Å². The number of rotatable bonds is 8. The van der Waals surface area contributed by atoms with Gasteiger partial charge in [-0.2, -0.15) is 0 Å². The van der Waals surface area contributed by atoms with Gasteiger partial charge in [0, 0.05) is 13.6 Å². The van der Waals surface area contributed by atoms with Crippen molar-refractivity contribution in [1.82, 2.24) is 5.32 Å². The first-order valence-corrected chi connectivity index (χ1v) is 11.7. The van der Waals surface area contributed by atoms with Crippen molar-refractivity contribution in [2.24, 2.45) is 0 Å². The van der Waals surface area contributed by atoms with Gasteiger partial charge in [0.25, 0.3) is 15.9 Å². The molecule has 0 aliphatic heterocycles. The van der Waals surface area contributed by atoms with Gasteiger partial charge < -0.3 is 5.32 Å². The molecule has 0 saturated heterocycles. The van der Waals surface area contributed by atoms with Crippen LogP contribution in [0.2, 0.25) is 0 Å². The molecule has 0 atom stereocenters. The molecule has 0 spiro atoms. The first kappa shape index (κ1) is 22.6. The molecule has 0 aliphatic carbocycles. The zero-order valence-corrected chi connectivity index (χ0v) is 18.9. The van der Waals surface area contributed by atoms with Crippen molar-refractivity contribution in [2.45, 2.75) is 31.6 Å². The van der Waals surface area contributed by atoms with E-state index in [9.17, 15) is 13.2 Å². The molecule has 1 N–H and O–H groups in total. The van der Waals surface area contributed by atoms with Crippen molar-refractivity contribution in [2.75, 3.05) is 17.9 Å². The Bertz CT molecular complexity index is 1140. The average molecular weight is 437 g/mol. The van der Waals surface area contributed by atoms with E-state index in [4.69, 9.17) is 0 Å². The minimum atomic E-state index is -3.78. The molecule has 0 aromatic heterocycles. The number of aryl methyl sites for hydroxylation is 3. The second kappa shape index (κ2) is 9.79. The first-order valence-electron chi connectivity index (χ1n) is 10.3. The Labute approximate surface area is 184 Å². The lowest BCUT2D eigenvalue weighted by Crippen LogP contribution is -2.31. The van der Waals surface area contributed by atoms with E-state index in [1.165, 1.54) is 22.5 Å². The van der Waals surface area contributed by atoms with Crippen molar-refractivity contribution in [3.63, 3.8) is 0 Å². The SMILES string of the molecule is Cc1ccc(CCCNC(=O)c2ccccc2N(C)S(=O)(=O)c2ccc(C)cc2)cc1. The molecular weight excluding hydrogens is 408 g/mol. The molecule has 0 fully saturated rings. The highest BCUT2D eigenvalue weighted by Crippen LogP contribution is 2.26. The van der Waals surface area contributed by atoms with E-state index < -0.39 is 10.0 Å². The highest BCUT2D eigenvalue weighted by molar-refractivity contribution is 7.92. The lowest BCUT2D eigenvalue weighted by molar-refractivity contribution is 0.0954. The number of nitrogens with one attached hydrogen (secondary N) is 1. The van der Waals surface area contributed by atoms with Gasteiger partial charge in [-0.25, -0.2) is 8.42 Å². The predicted octanol–water partition coefficient (Wildman–Crippen LogP) is 4.49. The Morgan fingerprint density at radius 3 is 2.10 bits per heavy atom. The number of amides is 1. The quantitative estimate of drug-likeness (QED) is 0.529. The molecule has 0 heterocycles. The van der Waals surface area contributed by atoms with E-state index in [1.54, 1.807) is 48.5 Å². The van der Waals surface area contributed by atoms with Crippen molar-refractivity contribution in [3.05, 3.63) is 95.1 Å². The summed E-state index contributed by atoms with van der Waals surface area (Å²) in [6.45, 7) is 4.46. The lowest BCUT2D eigenvalue weighted by atomic mass is 10.1. The molecule has 0 saturated carbocycles. The van der Waals surface area contributed by atoms with Crippen molar-refractivity contribution < 1.29 is 13.2 Å². The summed E-state index contributed by atoms with van der Waals surface area (Å²) in [5.74, 6) is -0.287. The summed E-state index contributed by atoms with van der Waals surface area (Å²) < 4.78 is 27.3. The third-order valence-electron chi connectivity index (χ3n) is 5.22. The molecule has 162 valence electrons. The molecule has 0 bridgehead atoms. The zero-order chi connectivity index (χ0) is 22.4. The molecule has 0 radical (unpaired) electrons. The molecule has 3 aromatic rings.